The number of nitrogens with zero attached hydrogens (tertiary/aromatic N) is 1. The van der Waals surface area contributed by atoms with Crippen LogP contribution in [0.3, 0.4) is 0 Å². The minimum atomic E-state index is -1.08. The smallest absolute Gasteiger partial charge is 0.310 e. The van der Waals surface area contributed by atoms with Crippen molar-refractivity contribution in [2.75, 3.05) is 20.1 Å². The van der Waals surface area contributed by atoms with Crippen LogP contribution in [0.4, 0.5) is 0 Å². The van der Waals surface area contributed by atoms with Gasteiger partial charge in [-0.3, -0.25) is 14.4 Å². The molecule has 1 aliphatic rings. The van der Waals surface area contributed by atoms with Gasteiger partial charge in [0.2, 0.25) is 11.8 Å². The minimum Gasteiger partial charge on any atom is -0.481 e. The van der Waals surface area contributed by atoms with Gasteiger partial charge in [0.25, 0.3) is 0 Å². The van der Waals surface area contributed by atoms with Crippen molar-refractivity contribution in [3.05, 3.63) is 0 Å². The van der Waals surface area contributed by atoms with Crippen LogP contribution in [0.1, 0.15) is 40.5 Å². The van der Waals surface area contributed by atoms with E-state index in [2.05, 4.69) is 5.32 Å². The highest BCUT2D eigenvalue weighted by Crippen LogP contribution is 2.35. The van der Waals surface area contributed by atoms with Gasteiger partial charge in [0.1, 0.15) is 0 Å². The molecule has 2 unspecified atom stereocenters. The molecule has 0 spiro atoms. The van der Waals surface area contributed by atoms with Gasteiger partial charge in [-0.2, -0.15) is 0 Å². The van der Waals surface area contributed by atoms with Crippen LogP contribution in [0, 0.1) is 16.7 Å². The second-order valence-corrected chi connectivity index (χ2v) is 6.76. The number of carbonyl (C=O) groups is 3. The lowest BCUT2D eigenvalue weighted by Crippen LogP contribution is -2.43. The lowest BCUT2D eigenvalue weighted by Gasteiger charge is -2.30. The number of amides is 2. The molecule has 1 saturated heterocycles. The molecule has 0 aromatic carbocycles. The third kappa shape index (κ3) is 3.36. The van der Waals surface area contributed by atoms with Crippen LogP contribution in [0.15, 0.2) is 0 Å². The van der Waals surface area contributed by atoms with Crippen molar-refractivity contribution in [2.24, 2.45) is 16.7 Å². The first-order chi connectivity index (χ1) is 9.56. The number of carboxylic acids is 1. The van der Waals surface area contributed by atoms with Gasteiger partial charge in [-0.25, -0.2) is 0 Å². The Bertz CT molecular complexity index is 449. The summed E-state index contributed by atoms with van der Waals surface area (Å²) in [5, 5.41) is 12.0. The summed E-state index contributed by atoms with van der Waals surface area (Å²) in [5.74, 6) is -1.38. The number of likely N-dealkylation sites (tertiary alicyclic amines) is 1. The Kier molecular flexibility index (Phi) is 5.02. The summed E-state index contributed by atoms with van der Waals surface area (Å²) in [6.07, 6.45) is 0.563. The topological polar surface area (TPSA) is 86.7 Å². The third-order valence-corrected chi connectivity index (χ3v) is 4.88. The van der Waals surface area contributed by atoms with E-state index in [4.69, 9.17) is 0 Å². The van der Waals surface area contributed by atoms with Crippen molar-refractivity contribution in [3.8, 4) is 0 Å². The molecule has 1 fully saturated rings. The molecule has 6 nitrogen and oxygen atoms in total. The number of aliphatic carboxylic acids is 1. The van der Waals surface area contributed by atoms with E-state index < -0.39 is 16.8 Å². The molecule has 21 heavy (non-hydrogen) atoms. The number of carbonyl (C=O) groups excluding carboxylic acids is 2. The molecule has 2 atom stereocenters. The standard InChI is InChI=1S/C15H26N2O4/c1-10(2)15(4,13(20)21)8-11(18)17-7-6-14(3,9-17)12(19)16-5/h10H,6-9H2,1-5H3,(H,16,19)(H,20,21). The molecule has 0 aromatic heterocycles. The molecule has 1 heterocycles. The predicted octanol–water partition coefficient (Wildman–Crippen LogP) is 1.11. The Labute approximate surface area is 125 Å². The summed E-state index contributed by atoms with van der Waals surface area (Å²) in [6, 6.07) is 0. The maximum absolute atomic E-state index is 12.4. The molecule has 120 valence electrons. The first-order valence-corrected chi connectivity index (χ1v) is 7.30. The average molecular weight is 298 g/mol. The molecule has 0 radical (unpaired) electrons. The molecule has 0 aromatic rings. The second kappa shape index (κ2) is 6.03. The van der Waals surface area contributed by atoms with E-state index in [-0.39, 0.29) is 24.2 Å². The van der Waals surface area contributed by atoms with E-state index in [1.54, 1.807) is 32.7 Å². The number of hydrogen-bond acceptors (Lipinski definition) is 3. The quantitative estimate of drug-likeness (QED) is 0.796. The van der Waals surface area contributed by atoms with Gasteiger partial charge in [-0.05, 0) is 26.2 Å². The van der Waals surface area contributed by atoms with Crippen molar-refractivity contribution in [1.82, 2.24) is 10.2 Å². The molecule has 0 saturated carbocycles. The Balaban J connectivity index is 2.79. The second-order valence-electron chi connectivity index (χ2n) is 6.76. The Morgan fingerprint density at radius 3 is 2.38 bits per heavy atom. The first-order valence-electron chi connectivity index (χ1n) is 7.30. The van der Waals surface area contributed by atoms with Gasteiger partial charge in [-0.1, -0.05) is 13.8 Å². The monoisotopic (exact) mass is 298 g/mol. The lowest BCUT2D eigenvalue weighted by molar-refractivity contribution is -0.155. The number of rotatable bonds is 5. The minimum absolute atomic E-state index is 0.0379. The highest BCUT2D eigenvalue weighted by Gasteiger charge is 2.45. The molecule has 2 amide bonds. The summed E-state index contributed by atoms with van der Waals surface area (Å²) < 4.78 is 0. The molecule has 1 rings (SSSR count). The number of carboxylic acid groups (broad SMARTS) is 1. The summed E-state index contributed by atoms with van der Waals surface area (Å²) in [7, 11) is 1.58. The van der Waals surface area contributed by atoms with Crippen molar-refractivity contribution in [2.45, 2.75) is 40.5 Å². The molecule has 2 N–H and O–H groups in total. The Morgan fingerprint density at radius 1 is 1.38 bits per heavy atom. The van der Waals surface area contributed by atoms with Gasteiger partial charge in [-0.15, -0.1) is 0 Å². The highest BCUT2D eigenvalue weighted by atomic mass is 16.4. The predicted molar refractivity (Wildman–Crippen MR) is 78.6 cm³/mol. The van der Waals surface area contributed by atoms with Crippen LogP contribution in [0.25, 0.3) is 0 Å². The SMILES string of the molecule is CNC(=O)C1(C)CCN(C(=O)CC(C)(C(=O)O)C(C)C)C1. The summed E-state index contributed by atoms with van der Waals surface area (Å²) in [6.45, 7) is 7.89. The van der Waals surface area contributed by atoms with Crippen molar-refractivity contribution in [1.29, 1.82) is 0 Å². The van der Waals surface area contributed by atoms with E-state index in [0.717, 1.165) is 0 Å². The van der Waals surface area contributed by atoms with E-state index in [9.17, 15) is 19.5 Å². The fourth-order valence-corrected chi connectivity index (χ4v) is 2.61. The first kappa shape index (κ1) is 17.5. The summed E-state index contributed by atoms with van der Waals surface area (Å²) >= 11 is 0. The Morgan fingerprint density at radius 2 is 1.95 bits per heavy atom. The maximum Gasteiger partial charge on any atom is 0.310 e. The fraction of sp³-hybridized carbons (Fsp3) is 0.800. The highest BCUT2D eigenvalue weighted by molar-refractivity contribution is 5.87. The van der Waals surface area contributed by atoms with Crippen molar-refractivity contribution in [3.63, 3.8) is 0 Å². The van der Waals surface area contributed by atoms with E-state index >= 15 is 0 Å². The molecular formula is C15H26N2O4. The zero-order chi connectivity index (χ0) is 16.4. The fourth-order valence-electron chi connectivity index (χ4n) is 2.61. The van der Waals surface area contributed by atoms with Crippen molar-refractivity contribution < 1.29 is 19.5 Å². The average Bonchev–Trinajstić information content (AvgIpc) is 2.81. The molecular weight excluding hydrogens is 272 g/mol. The van der Waals surface area contributed by atoms with Crippen LogP contribution in [0.5, 0.6) is 0 Å². The van der Waals surface area contributed by atoms with Crippen molar-refractivity contribution >= 4 is 17.8 Å². The van der Waals surface area contributed by atoms with Crippen LogP contribution in [-0.4, -0.2) is 47.9 Å². The van der Waals surface area contributed by atoms with Gasteiger partial charge in [0.15, 0.2) is 0 Å². The van der Waals surface area contributed by atoms with Crippen LogP contribution >= 0.6 is 0 Å². The third-order valence-electron chi connectivity index (χ3n) is 4.88. The van der Waals surface area contributed by atoms with Gasteiger partial charge in [0.05, 0.1) is 10.8 Å². The van der Waals surface area contributed by atoms with Gasteiger partial charge < -0.3 is 15.3 Å². The maximum atomic E-state index is 12.4. The van der Waals surface area contributed by atoms with E-state index in [0.29, 0.717) is 19.5 Å². The largest absolute Gasteiger partial charge is 0.481 e. The zero-order valence-electron chi connectivity index (χ0n) is 13.5. The molecule has 1 aliphatic heterocycles. The van der Waals surface area contributed by atoms with Gasteiger partial charge in [0, 0.05) is 26.6 Å². The lowest BCUT2D eigenvalue weighted by atomic mass is 9.76. The van der Waals surface area contributed by atoms with E-state index in [1.165, 1.54) is 0 Å². The zero-order valence-corrected chi connectivity index (χ0v) is 13.5. The number of hydrogen-bond donors (Lipinski definition) is 2. The normalized spacial score (nSPS) is 24.8. The van der Waals surface area contributed by atoms with Crippen LogP contribution in [-0.2, 0) is 14.4 Å². The molecule has 0 aliphatic carbocycles. The van der Waals surface area contributed by atoms with Gasteiger partial charge >= 0.3 is 5.97 Å². The Hall–Kier alpha value is -1.59. The van der Waals surface area contributed by atoms with Crippen LogP contribution in [0.2, 0.25) is 0 Å². The summed E-state index contributed by atoms with van der Waals surface area (Å²) in [4.78, 5) is 37.3. The molecule has 0 bridgehead atoms. The molecule has 6 heteroatoms. The van der Waals surface area contributed by atoms with E-state index in [1.807, 2.05) is 6.92 Å². The van der Waals surface area contributed by atoms with Crippen LogP contribution < -0.4 is 5.32 Å². The number of nitrogens with one attached hydrogen (secondary N) is 1. The summed E-state index contributed by atoms with van der Waals surface area (Å²) in [5.41, 5.74) is -1.66.